The zero-order chi connectivity index (χ0) is 29.5. The molecule has 216 valence electrons. The quantitative estimate of drug-likeness (QED) is 0.444. The van der Waals surface area contributed by atoms with Crippen molar-refractivity contribution in [2.75, 3.05) is 18.9 Å². The molecule has 12 heteroatoms. The number of nitrogens with zero attached hydrogens (tertiary/aromatic N) is 2. The van der Waals surface area contributed by atoms with E-state index in [4.69, 9.17) is 11.6 Å². The number of likely N-dealkylation sites (N-methyl/N-ethyl adjacent to an activating group) is 1. The number of carbonyl (C=O) groups excluding carboxylic acids is 4. The van der Waals surface area contributed by atoms with Gasteiger partial charge in [0.1, 0.15) is 11.7 Å². The molecule has 0 radical (unpaired) electrons. The van der Waals surface area contributed by atoms with Gasteiger partial charge in [0.2, 0.25) is 5.91 Å². The van der Waals surface area contributed by atoms with Crippen LogP contribution in [0.3, 0.4) is 0 Å². The minimum Gasteiger partial charge on any atom is -0.351 e. The van der Waals surface area contributed by atoms with Crippen molar-refractivity contribution in [1.82, 2.24) is 15.1 Å². The van der Waals surface area contributed by atoms with Gasteiger partial charge in [-0.2, -0.15) is 13.2 Å². The van der Waals surface area contributed by atoms with E-state index in [2.05, 4.69) is 10.6 Å². The van der Waals surface area contributed by atoms with Crippen LogP contribution in [0.4, 0.5) is 18.9 Å². The predicted octanol–water partition coefficient (Wildman–Crippen LogP) is 4.38. The first-order valence-electron chi connectivity index (χ1n) is 13.3. The number of imide groups is 2. The van der Waals surface area contributed by atoms with E-state index in [-0.39, 0.29) is 35.0 Å². The smallest absolute Gasteiger partial charge is 0.351 e. The van der Waals surface area contributed by atoms with Gasteiger partial charge in [0, 0.05) is 30.8 Å². The molecule has 2 fully saturated rings. The van der Waals surface area contributed by atoms with Crippen LogP contribution in [0.2, 0.25) is 5.02 Å². The number of carbonyl (C=O) groups is 4. The maximum absolute atomic E-state index is 13.2. The number of hydrogen-bond donors (Lipinski definition) is 2. The first kappa shape index (κ1) is 28.8. The maximum Gasteiger partial charge on any atom is 0.417 e. The van der Waals surface area contributed by atoms with E-state index in [9.17, 15) is 32.3 Å². The number of piperidine rings is 1. The highest BCUT2D eigenvalue weighted by Gasteiger charge is 2.44. The fourth-order valence-corrected chi connectivity index (χ4v) is 5.77. The van der Waals surface area contributed by atoms with Gasteiger partial charge in [-0.15, -0.1) is 0 Å². The van der Waals surface area contributed by atoms with Crippen molar-refractivity contribution >= 4 is 40.9 Å². The second-order valence-corrected chi connectivity index (χ2v) is 11.0. The van der Waals surface area contributed by atoms with Crippen LogP contribution in [-0.2, 0) is 37.3 Å². The Morgan fingerprint density at radius 1 is 1.07 bits per heavy atom. The molecule has 0 aromatic heterocycles. The molecule has 1 saturated carbocycles. The first-order chi connectivity index (χ1) is 19.4. The molecule has 0 spiro atoms. The molecule has 1 unspecified atom stereocenters. The number of hydrogen-bond acceptors (Lipinski definition) is 6. The fourth-order valence-electron chi connectivity index (χ4n) is 5.55. The number of anilines is 1. The number of benzene rings is 2. The van der Waals surface area contributed by atoms with Gasteiger partial charge in [-0.25, -0.2) is 0 Å². The highest BCUT2D eigenvalue weighted by molar-refractivity contribution is 6.31. The molecule has 1 saturated heterocycles. The molecule has 2 aliphatic heterocycles. The minimum absolute atomic E-state index is 0.0262. The molecule has 2 aromatic rings. The third-order valence-corrected chi connectivity index (χ3v) is 8.33. The second kappa shape index (κ2) is 10.9. The van der Waals surface area contributed by atoms with Crippen molar-refractivity contribution in [3.8, 4) is 0 Å². The highest BCUT2D eigenvalue weighted by Crippen LogP contribution is 2.42. The maximum atomic E-state index is 13.2. The molecule has 1 aliphatic carbocycles. The van der Waals surface area contributed by atoms with Gasteiger partial charge in [-0.1, -0.05) is 29.8 Å². The Morgan fingerprint density at radius 3 is 2.51 bits per heavy atom. The van der Waals surface area contributed by atoms with Crippen LogP contribution < -0.4 is 10.6 Å². The SMILES string of the molecule is CN1C(=O)CCC(N2C(=O)C=C(Nc3cccc(C4(NCCc5ccc(Cl)c(C(F)(F)F)c5)CCC4)c3)C2=O)C1=O. The van der Waals surface area contributed by atoms with Crippen LogP contribution in [-0.4, -0.2) is 53.1 Å². The number of nitrogens with one attached hydrogen (secondary N) is 2. The van der Waals surface area contributed by atoms with Gasteiger partial charge in [0.05, 0.1) is 10.6 Å². The Morgan fingerprint density at radius 2 is 1.83 bits per heavy atom. The topological polar surface area (TPSA) is 98.8 Å². The summed E-state index contributed by atoms with van der Waals surface area (Å²) in [5.41, 5.74) is 0.830. The van der Waals surface area contributed by atoms with E-state index < -0.39 is 35.5 Å². The van der Waals surface area contributed by atoms with Crippen molar-refractivity contribution < 1.29 is 32.3 Å². The first-order valence-corrected chi connectivity index (χ1v) is 13.7. The lowest BCUT2D eigenvalue weighted by molar-refractivity contribution is -0.157. The van der Waals surface area contributed by atoms with Gasteiger partial charge in [-0.05, 0) is 74.0 Å². The summed E-state index contributed by atoms with van der Waals surface area (Å²) in [5.74, 6) is -2.21. The summed E-state index contributed by atoms with van der Waals surface area (Å²) in [6.07, 6.45) is -0.227. The zero-order valence-corrected chi connectivity index (χ0v) is 22.9. The van der Waals surface area contributed by atoms with Crippen LogP contribution in [0.25, 0.3) is 0 Å². The summed E-state index contributed by atoms with van der Waals surface area (Å²) in [6, 6.07) is 10.3. The van der Waals surface area contributed by atoms with Gasteiger partial charge in [-0.3, -0.25) is 29.0 Å². The molecule has 2 aromatic carbocycles. The van der Waals surface area contributed by atoms with Crippen LogP contribution in [0.1, 0.15) is 48.8 Å². The molecule has 4 amide bonds. The summed E-state index contributed by atoms with van der Waals surface area (Å²) in [7, 11) is 1.33. The average Bonchev–Trinajstić information content (AvgIpc) is 3.17. The Kier molecular flexibility index (Phi) is 7.69. The monoisotopic (exact) mass is 588 g/mol. The molecule has 5 rings (SSSR count). The number of likely N-dealkylation sites (tertiary alicyclic amines) is 1. The normalized spacial score (nSPS) is 20.8. The summed E-state index contributed by atoms with van der Waals surface area (Å²) >= 11 is 5.74. The molecule has 0 bridgehead atoms. The lowest BCUT2D eigenvalue weighted by Crippen LogP contribution is -2.55. The van der Waals surface area contributed by atoms with E-state index in [0.29, 0.717) is 24.2 Å². The van der Waals surface area contributed by atoms with E-state index in [0.717, 1.165) is 46.8 Å². The van der Waals surface area contributed by atoms with E-state index in [1.807, 2.05) is 18.2 Å². The van der Waals surface area contributed by atoms with Crippen molar-refractivity contribution in [3.63, 3.8) is 0 Å². The van der Waals surface area contributed by atoms with Gasteiger partial charge >= 0.3 is 6.18 Å². The summed E-state index contributed by atoms with van der Waals surface area (Å²) < 4.78 is 39.7. The number of rotatable bonds is 8. The number of amides is 4. The second-order valence-electron chi connectivity index (χ2n) is 10.5. The lowest BCUT2D eigenvalue weighted by atomic mass is 9.71. The molecule has 1 atom stereocenters. The number of alkyl halides is 3. The Labute approximate surface area is 239 Å². The largest absolute Gasteiger partial charge is 0.417 e. The molecule has 2 heterocycles. The third kappa shape index (κ3) is 5.60. The predicted molar refractivity (Wildman–Crippen MR) is 144 cm³/mol. The Hall–Kier alpha value is -3.70. The van der Waals surface area contributed by atoms with E-state index in [1.54, 1.807) is 12.1 Å². The van der Waals surface area contributed by atoms with Crippen molar-refractivity contribution in [3.05, 3.63) is 76.0 Å². The van der Waals surface area contributed by atoms with Crippen LogP contribution in [0.15, 0.2) is 54.2 Å². The Bertz CT molecular complexity index is 1450. The summed E-state index contributed by atoms with van der Waals surface area (Å²) in [6.45, 7) is 0.441. The number of halogens is 4. The van der Waals surface area contributed by atoms with E-state index in [1.165, 1.54) is 13.1 Å². The van der Waals surface area contributed by atoms with Gasteiger partial charge < -0.3 is 10.6 Å². The minimum atomic E-state index is -4.53. The van der Waals surface area contributed by atoms with Crippen molar-refractivity contribution in [1.29, 1.82) is 0 Å². The van der Waals surface area contributed by atoms with Crippen LogP contribution >= 0.6 is 11.6 Å². The van der Waals surface area contributed by atoms with Crippen LogP contribution in [0, 0.1) is 0 Å². The Balaban J connectivity index is 1.26. The van der Waals surface area contributed by atoms with E-state index >= 15 is 0 Å². The molecule has 8 nitrogen and oxygen atoms in total. The highest BCUT2D eigenvalue weighted by atomic mass is 35.5. The van der Waals surface area contributed by atoms with Gasteiger partial charge in [0.15, 0.2) is 0 Å². The molecule has 2 N–H and O–H groups in total. The summed E-state index contributed by atoms with van der Waals surface area (Å²) in [5, 5.41) is 6.19. The third-order valence-electron chi connectivity index (χ3n) is 8.00. The summed E-state index contributed by atoms with van der Waals surface area (Å²) in [4.78, 5) is 52.0. The molecular weight excluding hydrogens is 561 g/mol. The van der Waals surface area contributed by atoms with Gasteiger partial charge in [0.25, 0.3) is 17.7 Å². The molecule has 41 heavy (non-hydrogen) atoms. The van der Waals surface area contributed by atoms with Crippen molar-refractivity contribution in [2.24, 2.45) is 0 Å². The average molecular weight is 589 g/mol. The standard InChI is InChI=1S/C29H28ClF3N4O4/c1-36-24(38)9-8-23(27(36)41)37-25(39)16-22(26(37)40)35-19-5-2-4-18(15-19)28(11-3-12-28)34-13-10-17-6-7-21(30)20(14-17)29(31,32)33/h2,4-7,14-16,23,34-35H,3,8-13H2,1H3. The molecular formula is C29H28ClF3N4O4. The molecule has 3 aliphatic rings. The zero-order valence-electron chi connectivity index (χ0n) is 22.2. The lowest BCUT2D eigenvalue weighted by Gasteiger charge is -2.43. The van der Waals surface area contributed by atoms with Crippen molar-refractivity contribution in [2.45, 2.75) is 56.3 Å². The fraction of sp³-hybridized carbons (Fsp3) is 0.379. The van der Waals surface area contributed by atoms with Crippen LogP contribution in [0.5, 0.6) is 0 Å².